The lowest BCUT2D eigenvalue weighted by Gasteiger charge is -2.17. The van der Waals surface area contributed by atoms with Gasteiger partial charge in [0.1, 0.15) is 0 Å². The Morgan fingerprint density at radius 1 is 1.58 bits per heavy atom. The number of hydrogen-bond acceptors (Lipinski definition) is 4. The van der Waals surface area contributed by atoms with Crippen LogP contribution in [0.1, 0.15) is 13.8 Å². The molecule has 0 atom stereocenters. The highest BCUT2D eigenvalue weighted by molar-refractivity contribution is 9.11. The first-order valence-electron chi connectivity index (χ1n) is 5.83. The molecule has 5 heteroatoms. The number of rotatable bonds is 2. The zero-order chi connectivity index (χ0) is 14.7. The van der Waals surface area contributed by atoms with Gasteiger partial charge in [-0.25, -0.2) is 5.06 Å². The molecule has 1 aliphatic rings. The first-order chi connectivity index (χ1) is 9.15. The van der Waals surface area contributed by atoms with Crippen LogP contribution in [0.3, 0.4) is 0 Å². The fourth-order valence-electron chi connectivity index (χ4n) is 1.29. The van der Waals surface area contributed by atoms with Crippen LogP contribution in [0.15, 0.2) is 57.6 Å². The Bertz CT molecular complexity index is 422. The van der Waals surface area contributed by atoms with Gasteiger partial charge in [0.25, 0.3) is 0 Å². The van der Waals surface area contributed by atoms with Crippen LogP contribution in [0, 0.1) is 0 Å². The molecular formula is C14H20BrN3O. The second kappa shape index (κ2) is 10.5. The summed E-state index contributed by atoms with van der Waals surface area (Å²) in [6.07, 6.45) is 9.09. The maximum Gasteiger partial charge on any atom is 0.152 e. The zero-order valence-corrected chi connectivity index (χ0v) is 13.0. The van der Waals surface area contributed by atoms with E-state index in [1.807, 2.05) is 32.1 Å². The third-order valence-corrected chi connectivity index (χ3v) is 2.69. The molecule has 19 heavy (non-hydrogen) atoms. The van der Waals surface area contributed by atoms with Gasteiger partial charge >= 0.3 is 0 Å². The maximum atomic E-state index is 9.90. The van der Waals surface area contributed by atoms with Crippen molar-refractivity contribution in [3.63, 3.8) is 0 Å². The summed E-state index contributed by atoms with van der Waals surface area (Å²) in [4.78, 5) is 8.35. The minimum atomic E-state index is 0.380. The molecule has 1 aliphatic heterocycles. The summed E-state index contributed by atoms with van der Waals surface area (Å²) >= 11 is 3.38. The number of hydroxylamine groups is 2. The van der Waals surface area contributed by atoms with Crippen LogP contribution >= 0.6 is 15.9 Å². The van der Waals surface area contributed by atoms with Gasteiger partial charge in [0.15, 0.2) is 5.84 Å². The molecular weight excluding hydrogens is 306 g/mol. The van der Waals surface area contributed by atoms with E-state index in [0.717, 1.165) is 15.1 Å². The van der Waals surface area contributed by atoms with Gasteiger partial charge in [-0.1, -0.05) is 28.1 Å². The summed E-state index contributed by atoms with van der Waals surface area (Å²) in [5, 5.41) is 11.0. The van der Waals surface area contributed by atoms with Crippen molar-refractivity contribution in [2.75, 3.05) is 13.1 Å². The smallest absolute Gasteiger partial charge is 0.152 e. The van der Waals surface area contributed by atoms with Gasteiger partial charge in [0.2, 0.25) is 0 Å². The second-order valence-electron chi connectivity index (χ2n) is 3.46. The zero-order valence-electron chi connectivity index (χ0n) is 11.4. The number of nitrogens with zero attached hydrogens (tertiary/aromatic N) is 3. The van der Waals surface area contributed by atoms with Crippen LogP contribution in [-0.2, 0) is 0 Å². The van der Waals surface area contributed by atoms with E-state index in [0.29, 0.717) is 18.9 Å². The topological polar surface area (TPSA) is 48.2 Å². The summed E-state index contributed by atoms with van der Waals surface area (Å²) in [6.45, 7) is 10.6. The lowest BCUT2D eigenvalue weighted by atomic mass is 10.3. The Kier molecular flexibility index (Phi) is 9.66. The highest BCUT2D eigenvalue weighted by Gasteiger charge is 2.10. The van der Waals surface area contributed by atoms with Crippen molar-refractivity contribution in [1.82, 2.24) is 5.06 Å². The van der Waals surface area contributed by atoms with Gasteiger partial charge in [-0.3, -0.25) is 15.2 Å². The summed E-state index contributed by atoms with van der Waals surface area (Å²) < 4.78 is 0.932. The number of hydrogen-bond donors (Lipinski definition) is 1. The summed E-state index contributed by atoms with van der Waals surface area (Å²) in [5.41, 5.74) is 0.824. The number of aliphatic imine (C=N–C) groups is 2. The minimum absolute atomic E-state index is 0.380. The van der Waals surface area contributed by atoms with E-state index in [4.69, 9.17) is 0 Å². The molecule has 0 amide bonds. The van der Waals surface area contributed by atoms with Gasteiger partial charge in [0.05, 0.1) is 13.1 Å². The third kappa shape index (κ3) is 6.88. The third-order valence-electron chi connectivity index (χ3n) is 2.10. The summed E-state index contributed by atoms with van der Waals surface area (Å²) in [5.74, 6) is 0.540. The van der Waals surface area contributed by atoms with E-state index in [2.05, 4.69) is 39.1 Å². The second-order valence-corrected chi connectivity index (χ2v) is 4.37. The first-order valence-corrected chi connectivity index (χ1v) is 6.62. The first kappa shape index (κ1) is 17.5. The SMILES string of the molecule is C=C.CC=N/C=C(\C)C1=NC/C=C\C(Br)=C/CN1O. The predicted octanol–water partition coefficient (Wildman–Crippen LogP) is 3.72. The number of amidine groups is 1. The summed E-state index contributed by atoms with van der Waals surface area (Å²) in [6, 6.07) is 0. The van der Waals surface area contributed by atoms with E-state index >= 15 is 0 Å². The van der Waals surface area contributed by atoms with Crippen LogP contribution in [0.5, 0.6) is 0 Å². The van der Waals surface area contributed by atoms with Crippen LogP contribution in [-0.4, -0.2) is 35.4 Å². The standard InChI is InChI=1S/C12H16BrN3O.C2H4/c1-3-14-9-10(2)12-15-7-4-5-11(13)6-8-16(12)17;1-2/h3-6,9,17H,7-8H2,1-2H3;1-2H2/b5-4-,10-9+,11-6+,14-3?,15-12?;. The minimum Gasteiger partial charge on any atom is -0.287 e. The van der Waals surface area contributed by atoms with E-state index in [1.54, 1.807) is 12.4 Å². The van der Waals surface area contributed by atoms with Crippen molar-refractivity contribution in [2.24, 2.45) is 9.98 Å². The van der Waals surface area contributed by atoms with Crippen molar-refractivity contribution in [2.45, 2.75) is 13.8 Å². The van der Waals surface area contributed by atoms with E-state index in [1.165, 1.54) is 0 Å². The lowest BCUT2D eigenvalue weighted by molar-refractivity contribution is -0.00250. The van der Waals surface area contributed by atoms with Gasteiger partial charge in [-0.15, -0.1) is 13.2 Å². The summed E-state index contributed by atoms with van der Waals surface area (Å²) in [7, 11) is 0. The Morgan fingerprint density at radius 3 is 2.89 bits per heavy atom. The monoisotopic (exact) mass is 325 g/mol. The molecule has 4 nitrogen and oxygen atoms in total. The van der Waals surface area contributed by atoms with Crippen molar-refractivity contribution < 1.29 is 5.21 Å². The maximum absolute atomic E-state index is 9.90. The predicted molar refractivity (Wildman–Crippen MR) is 86.1 cm³/mol. The van der Waals surface area contributed by atoms with Crippen LogP contribution < -0.4 is 0 Å². The van der Waals surface area contributed by atoms with Gasteiger partial charge < -0.3 is 0 Å². The van der Waals surface area contributed by atoms with Crippen LogP contribution in [0.2, 0.25) is 0 Å². The molecule has 0 spiro atoms. The Hall–Kier alpha value is -1.46. The van der Waals surface area contributed by atoms with Crippen molar-refractivity contribution >= 4 is 28.0 Å². The molecule has 0 aromatic heterocycles. The van der Waals surface area contributed by atoms with Crippen molar-refractivity contribution in [1.29, 1.82) is 0 Å². The van der Waals surface area contributed by atoms with Crippen molar-refractivity contribution in [3.8, 4) is 0 Å². The van der Waals surface area contributed by atoms with E-state index in [9.17, 15) is 5.21 Å². The molecule has 0 bridgehead atoms. The molecule has 0 aliphatic carbocycles. The Labute approximate surface area is 123 Å². The molecule has 1 N–H and O–H groups in total. The molecule has 1 heterocycles. The van der Waals surface area contributed by atoms with E-state index in [-0.39, 0.29) is 0 Å². The number of halogens is 1. The molecule has 0 aromatic rings. The molecule has 0 fully saturated rings. The van der Waals surface area contributed by atoms with Gasteiger partial charge in [-0.05, 0) is 19.9 Å². The fourth-order valence-corrected chi connectivity index (χ4v) is 1.62. The quantitative estimate of drug-likeness (QED) is 0.621. The molecule has 0 saturated heterocycles. The highest BCUT2D eigenvalue weighted by atomic mass is 79.9. The van der Waals surface area contributed by atoms with E-state index < -0.39 is 0 Å². The molecule has 104 valence electrons. The Balaban J connectivity index is 0.00000154. The lowest BCUT2D eigenvalue weighted by Crippen LogP contribution is -2.28. The average Bonchev–Trinajstić information content (AvgIpc) is 2.51. The van der Waals surface area contributed by atoms with Gasteiger partial charge in [-0.2, -0.15) is 0 Å². The van der Waals surface area contributed by atoms with Gasteiger partial charge in [0, 0.05) is 22.5 Å². The average molecular weight is 326 g/mol. The van der Waals surface area contributed by atoms with Crippen LogP contribution in [0.25, 0.3) is 0 Å². The van der Waals surface area contributed by atoms with Crippen molar-refractivity contribution in [3.05, 3.63) is 47.6 Å². The normalized spacial score (nSPS) is 21.3. The molecule has 0 radical (unpaired) electrons. The largest absolute Gasteiger partial charge is 0.287 e. The Morgan fingerprint density at radius 2 is 2.26 bits per heavy atom. The molecule has 0 saturated carbocycles. The highest BCUT2D eigenvalue weighted by Crippen LogP contribution is 2.10. The molecule has 0 unspecified atom stereocenters. The fraction of sp³-hybridized carbons (Fsp3) is 0.286. The number of allylic oxidation sites excluding steroid dienone is 2. The molecule has 1 rings (SSSR count). The molecule has 0 aromatic carbocycles. The van der Waals surface area contributed by atoms with Crippen LogP contribution in [0.4, 0.5) is 0 Å².